The number of hydrogen-bond acceptors (Lipinski definition) is 7. The molecule has 0 radical (unpaired) electrons. The van der Waals surface area contributed by atoms with Crippen LogP contribution in [-0.2, 0) is 4.79 Å². The van der Waals surface area contributed by atoms with Crippen molar-refractivity contribution in [3.05, 3.63) is 36.4 Å². The van der Waals surface area contributed by atoms with Crippen molar-refractivity contribution in [1.82, 2.24) is 10.3 Å². The van der Waals surface area contributed by atoms with E-state index in [-0.39, 0.29) is 11.5 Å². The summed E-state index contributed by atoms with van der Waals surface area (Å²) in [7, 11) is 0. The van der Waals surface area contributed by atoms with Crippen LogP contribution in [0, 0.1) is 0 Å². The molecule has 0 amide bonds. The van der Waals surface area contributed by atoms with Gasteiger partial charge in [-0.05, 0) is 12.1 Å². The Morgan fingerprint density at radius 2 is 1.90 bits per heavy atom. The second-order valence-electron chi connectivity index (χ2n) is 4.60. The molecule has 1 aromatic carbocycles. The summed E-state index contributed by atoms with van der Waals surface area (Å²) in [6.45, 7) is -1.51. The highest BCUT2D eigenvalue weighted by Gasteiger charge is 2.26. The fourth-order valence-electron chi connectivity index (χ4n) is 1.66. The lowest BCUT2D eigenvalue weighted by Gasteiger charge is -2.27. The van der Waals surface area contributed by atoms with Crippen molar-refractivity contribution in [2.24, 2.45) is 0 Å². The number of rotatable bonds is 7. The Bertz CT molecular complexity index is 604. The number of oxazole rings is 1. The van der Waals surface area contributed by atoms with E-state index in [1.807, 2.05) is 0 Å². The fourth-order valence-corrected chi connectivity index (χ4v) is 1.66. The van der Waals surface area contributed by atoms with Gasteiger partial charge in [0, 0.05) is 6.20 Å². The zero-order chi connectivity index (χ0) is 15.3. The summed E-state index contributed by atoms with van der Waals surface area (Å²) >= 11 is 0. The van der Waals surface area contributed by atoms with Gasteiger partial charge in [0.25, 0.3) is 0 Å². The Kier molecular flexibility index (Phi) is 4.69. The molecule has 0 spiro atoms. The molecule has 0 aliphatic carbocycles. The van der Waals surface area contributed by atoms with E-state index in [2.05, 4.69) is 10.3 Å². The van der Waals surface area contributed by atoms with Crippen molar-refractivity contribution in [2.75, 3.05) is 19.8 Å². The van der Waals surface area contributed by atoms with Crippen LogP contribution in [0.3, 0.4) is 0 Å². The third-order valence-corrected chi connectivity index (χ3v) is 3.11. The number of carbonyl (C=O) groups excluding carboxylic acids is 1. The minimum atomic E-state index is -1.32. The molecule has 0 saturated carbocycles. The number of aliphatic hydroxyl groups excluding tert-OH is 3. The van der Waals surface area contributed by atoms with Crippen molar-refractivity contribution in [2.45, 2.75) is 5.54 Å². The van der Waals surface area contributed by atoms with Gasteiger partial charge in [-0.25, -0.2) is 4.98 Å². The van der Waals surface area contributed by atoms with Crippen LogP contribution in [0.1, 0.15) is 5.89 Å². The number of hydrogen-bond donors (Lipinski definition) is 4. The molecule has 7 nitrogen and oxygen atoms in total. The van der Waals surface area contributed by atoms with E-state index in [0.29, 0.717) is 17.4 Å². The summed E-state index contributed by atoms with van der Waals surface area (Å²) in [6.07, 6.45) is 1.79. The van der Waals surface area contributed by atoms with Gasteiger partial charge in [0.05, 0.1) is 25.4 Å². The maximum Gasteiger partial charge on any atom is 0.232 e. The van der Waals surface area contributed by atoms with Crippen LogP contribution >= 0.6 is 0 Å². The smallest absolute Gasteiger partial charge is 0.232 e. The zero-order valence-corrected chi connectivity index (χ0v) is 11.2. The van der Waals surface area contributed by atoms with Crippen molar-refractivity contribution in [3.8, 4) is 0 Å². The van der Waals surface area contributed by atoms with Crippen LogP contribution in [0.25, 0.3) is 16.7 Å². The largest absolute Gasteiger partial charge is 0.436 e. The van der Waals surface area contributed by atoms with Crippen LogP contribution in [0.15, 0.2) is 34.9 Å². The first kappa shape index (κ1) is 15.2. The standard InChI is InChI=1S/C14H16N2O5/c17-6-10(5-15-14(7-18,8-19)9-20)13-16-11-3-1-2-4-12(11)21-13/h1-6,15,18-20H,7-9H2/b10-5+. The third-order valence-electron chi connectivity index (χ3n) is 3.11. The molecule has 7 heteroatoms. The normalized spacial score (nSPS) is 12.6. The average molecular weight is 292 g/mol. The Balaban J connectivity index is 2.30. The first-order valence-corrected chi connectivity index (χ1v) is 6.29. The maximum absolute atomic E-state index is 11.2. The van der Waals surface area contributed by atoms with Gasteiger partial charge in [-0.1, -0.05) is 12.1 Å². The molecular weight excluding hydrogens is 276 g/mol. The van der Waals surface area contributed by atoms with Gasteiger partial charge in [0.2, 0.25) is 5.89 Å². The summed E-state index contributed by atoms with van der Waals surface area (Å²) in [6, 6.07) is 7.05. The number of carbonyl (C=O) groups is 1. The number of aliphatic hydroxyl groups is 3. The molecule has 2 rings (SSSR count). The van der Waals surface area contributed by atoms with Gasteiger partial charge in [-0.2, -0.15) is 0 Å². The van der Waals surface area contributed by atoms with E-state index in [9.17, 15) is 20.1 Å². The topological polar surface area (TPSA) is 116 Å². The Morgan fingerprint density at radius 3 is 2.48 bits per heavy atom. The number of nitrogens with one attached hydrogen (secondary N) is 1. The molecule has 0 atom stereocenters. The van der Waals surface area contributed by atoms with Gasteiger partial charge in [-0.15, -0.1) is 0 Å². The minimum Gasteiger partial charge on any atom is -0.436 e. The van der Waals surface area contributed by atoms with Crippen LogP contribution in [0.2, 0.25) is 0 Å². The maximum atomic E-state index is 11.2. The third kappa shape index (κ3) is 3.10. The number of nitrogens with zero attached hydrogens (tertiary/aromatic N) is 1. The van der Waals surface area contributed by atoms with Crippen LogP contribution in [0.5, 0.6) is 0 Å². The molecule has 0 bridgehead atoms. The Labute approximate surface area is 120 Å². The number of aldehydes is 1. The van der Waals surface area contributed by atoms with Crippen molar-refractivity contribution < 1.29 is 24.5 Å². The van der Waals surface area contributed by atoms with Crippen LogP contribution < -0.4 is 5.32 Å². The molecule has 21 heavy (non-hydrogen) atoms. The van der Waals surface area contributed by atoms with E-state index < -0.39 is 25.4 Å². The predicted octanol–water partition coefficient (Wildman–Crippen LogP) is -0.327. The second kappa shape index (κ2) is 6.49. The van der Waals surface area contributed by atoms with Gasteiger partial charge in [0.1, 0.15) is 11.1 Å². The monoisotopic (exact) mass is 292 g/mol. The molecule has 2 aromatic rings. The highest BCUT2D eigenvalue weighted by molar-refractivity contribution is 6.05. The highest BCUT2D eigenvalue weighted by Crippen LogP contribution is 2.19. The molecular formula is C14H16N2O5. The van der Waals surface area contributed by atoms with Gasteiger partial charge < -0.3 is 25.1 Å². The average Bonchev–Trinajstić information content (AvgIpc) is 2.96. The summed E-state index contributed by atoms with van der Waals surface area (Å²) in [5, 5.41) is 30.3. The van der Waals surface area contributed by atoms with E-state index in [4.69, 9.17) is 4.42 Å². The summed E-state index contributed by atoms with van der Waals surface area (Å²) in [5.41, 5.74) is -0.0674. The molecule has 1 aromatic heterocycles. The van der Waals surface area contributed by atoms with Crippen molar-refractivity contribution >= 4 is 23.0 Å². The zero-order valence-electron chi connectivity index (χ0n) is 11.2. The van der Waals surface area contributed by atoms with Crippen molar-refractivity contribution in [3.63, 3.8) is 0 Å². The molecule has 0 saturated heterocycles. The van der Waals surface area contributed by atoms with Gasteiger partial charge >= 0.3 is 0 Å². The lowest BCUT2D eigenvalue weighted by Crippen LogP contribution is -2.52. The van der Waals surface area contributed by atoms with E-state index >= 15 is 0 Å². The number of aromatic nitrogens is 1. The van der Waals surface area contributed by atoms with Crippen LogP contribution in [-0.4, -0.2) is 51.9 Å². The molecule has 4 N–H and O–H groups in total. The second-order valence-corrected chi connectivity index (χ2v) is 4.60. The van der Waals surface area contributed by atoms with E-state index in [1.165, 1.54) is 6.20 Å². The summed E-state index contributed by atoms with van der Waals surface area (Å²) in [5.74, 6) is 0.112. The lowest BCUT2D eigenvalue weighted by atomic mass is 10.0. The summed E-state index contributed by atoms with van der Waals surface area (Å²) < 4.78 is 5.45. The van der Waals surface area contributed by atoms with Crippen LogP contribution in [0.4, 0.5) is 0 Å². The number of fused-ring (bicyclic) bond motifs is 1. The first-order chi connectivity index (χ1) is 10.2. The Hall–Kier alpha value is -2.22. The number of benzene rings is 1. The quantitative estimate of drug-likeness (QED) is 0.408. The number of para-hydroxylation sites is 2. The molecule has 0 aliphatic rings. The lowest BCUT2D eigenvalue weighted by molar-refractivity contribution is -0.103. The predicted molar refractivity (Wildman–Crippen MR) is 75.2 cm³/mol. The van der Waals surface area contributed by atoms with E-state index in [1.54, 1.807) is 24.3 Å². The van der Waals surface area contributed by atoms with Crippen molar-refractivity contribution in [1.29, 1.82) is 0 Å². The number of allylic oxidation sites excluding steroid dienone is 1. The molecule has 0 unspecified atom stereocenters. The molecule has 0 aliphatic heterocycles. The minimum absolute atomic E-state index is 0.103. The molecule has 1 heterocycles. The Morgan fingerprint density at radius 1 is 1.24 bits per heavy atom. The summed E-state index contributed by atoms with van der Waals surface area (Å²) in [4.78, 5) is 15.3. The van der Waals surface area contributed by atoms with E-state index in [0.717, 1.165) is 0 Å². The molecule has 0 fully saturated rings. The first-order valence-electron chi connectivity index (χ1n) is 6.29. The molecule has 112 valence electrons. The SMILES string of the molecule is O=C/C(=C\NC(CO)(CO)CO)c1nc2ccccc2o1. The fraction of sp³-hybridized carbons (Fsp3) is 0.286. The van der Waals surface area contributed by atoms with Gasteiger partial charge in [-0.3, -0.25) is 4.79 Å². The van der Waals surface area contributed by atoms with Gasteiger partial charge in [0.15, 0.2) is 11.9 Å². The highest BCUT2D eigenvalue weighted by atomic mass is 16.3.